The van der Waals surface area contributed by atoms with Gasteiger partial charge in [0.2, 0.25) is 6.79 Å². The van der Waals surface area contributed by atoms with Crippen molar-refractivity contribution in [3.05, 3.63) is 60.1 Å². The first kappa shape index (κ1) is 19.4. The quantitative estimate of drug-likeness (QED) is 0.711. The molecule has 4 heterocycles. The molecule has 2 unspecified atom stereocenters. The van der Waals surface area contributed by atoms with Crippen LogP contribution in [0.4, 0.5) is 5.82 Å². The molecule has 1 saturated heterocycles. The van der Waals surface area contributed by atoms with Crippen molar-refractivity contribution in [1.29, 1.82) is 0 Å². The average Bonchev–Trinajstić information content (AvgIpc) is 3.46. The van der Waals surface area contributed by atoms with Gasteiger partial charge in [0.25, 0.3) is 0 Å². The third-order valence-electron chi connectivity index (χ3n) is 6.21. The Morgan fingerprint density at radius 2 is 1.91 bits per heavy atom. The fourth-order valence-electron chi connectivity index (χ4n) is 4.50. The SMILES string of the molecule is S=C(NCc1ccc2c(c1)OCO2)N1CCN(c2ncnc3c2OC2C=CC=CC32)CC1. The number of nitrogens with zero attached hydrogens (tertiary/aromatic N) is 4. The van der Waals surface area contributed by atoms with Crippen molar-refractivity contribution in [2.24, 2.45) is 0 Å². The molecule has 8 nitrogen and oxygen atoms in total. The number of fused-ring (bicyclic) bond motifs is 4. The van der Waals surface area contributed by atoms with E-state index >= 15 is 0 Å². The number of ether oxygens (including phenoxy) is 3. The number of hydrogen-bond donors (Lipinski definition) is 1. The van der Waals surface area contributed by atoms with Gasteiger partial charge < -0.3 is 29.3 Å². The topological polar surface area (TPSA) is 72.0 Å². The minimum atomic E-state index is 0.0136. The lowest BCUT2D eigenvalue weighted by Gasteiger charge is -2.37. The van der Waals surface area contributed by atoms with Gasteiger partial charge in [0.1, 0.15) is 12.4 Å². The number of benzene rings is 1. The number of hydrogen-bond acceptors (Lipinski definition) is 7. The van der Waals surface area contributed by atoms with Gasteiger partial charge in [-0.3, -0.25) is 0 Å². The summed E-state index contributed by atoms with van der Waals surface area (Å²) in [5.41, 5.74) is 2.08. The predicted molar refractivity (Wildman–Crippen MR) is 123 cm³/mol. The highest BCUT2D eigenvalue weighted by Gasteiger charge is 2.37. The lowest BCUT2D eigenvalue weighted by Crippen LogP contribution is -2.51. The molecule has 3 aliphatic heterocycles. The molecule has 1 aliphatic carbocycles. The summed E-state index contributed by atoms with van der Waals surface area (Å²) < 4.78 is 17.0. The zero-order valence-electron chi connectivity index (χ0n) is 17.4. The number of thiocarbonyl (C=S) groups is 1. The second-order valence-electron chi connectivity index (χ2n) is 8.11. The molecule has 1 N–H and O–H groups in total. The number of anilines is 1. The van der Waals surface area contributed by atoms with Crippen LogP contribution in [0.1, 0.15) is 17.2 Å². The van der Waals surface area contributed by atoms with E-state index in [-0.39, 0.29) is 18.8 Å². The van der Waals surface area contributed by atoms with Crippen LogP contribution in [-0.2, 0) is 6.54 Å². The number of rotatable bonds is 3. The Hall–Kier alpha value is -3.33. The van der Waals surface area contributed by atoms with E-state index in [0.717, 1.165) is 65.6 Å². The number of piperazine rings is 1. The molecule has 0 bridgehead atoms. The fourth-order valence-corrected chi connectivity index (χ4v) is 4.75. The summed E-state index contributed by atoms with van der Waals surface area (Å²) in [6.45, 7) is 4.20. The molecule has 1 aromatic carbocycles. The average molecular weight is 450 g/mol. The van der Waals surface area contributed by atoms with E-state index in [4.69, 9.17) is 26.4 Å². The summed E-state index contributed by atoms with van der Waals surface area (Å²) in [6.07, 6.45) is 9.97. The Bertz CT molecular complexity index is 1110. The monoisotopic (exact) mass is 449 g/mol. The maximum absolute atomic E-state index is 6.21. The van der Waals surface area contributed by atoms with Gasteiger partial charge in [0, 0.05) is 32.7 Å². The molecule has 1 aromatic heterocycles. The summed E-state index contributed by atoms with van der Waals surface area (Å²) >= 11 is 5.65. The number of nitrogens with one attached hydrogen (secondary N) is 1. The Labute approximate surface area is 191 Å². The number of allylic oxidation sites excluding steroid dienone is 2. The van der Waals surface area contributed by atoms with Gasteiger partial charge in [-0.1, -0.05) is 24.3 Å². The molecule has 0 radical (unpaired) electrons. The molecule has 0 spiro atoms. The normalized spacial score (nSPS) is 22.4. The van der Waals surface area contributed by atoms with E-state index in [1.807, 2.05) is 24.3 Å². The molecule has 9 heteroatoms. The second-order valence-corrected chi connectivity index (χ2v) is 8.50. The van der Waals surface area contributed by atoms with Crippen LogP contribution in [0.15, 0.2) is 48.8 Å². The highest BCUT2D eigenvalue weighted by Crippen LogP contribution is 2.44. The molecule has 4 aliphatic rings. The first-order valence-electron chi connectivity index (χ1n) is 10.8. The molecular weight excluding hydrogens is 426 g/mol. The molecule has 2 atom stereocenters. The lowest BCUT2D eigenvalue weighted by atomic mass is 9.96. The van der Waals surface area contributed by atoms with Crippen molar-refractivity contribution < 1.29 is 14.2 Å². The van der Waals surface area contributed by atoms with E-state index in [1.165, 1.54) is 0 Å². The fraction of sp³-hybridized carbons (Fsp3) is 0.348. The van der Waals surface area contributed by atoms with E-state index in [0.29, 0.717) is 6.54 Å². The third-order valence-corrected chi connectivity index (χ3v) is 6.62. The van der Waals surface area contributed by atoms with Crippen LogP contribution in [-0.4, -0.2) is 59.1 Å². The minimum Gasteiger partial charge on any atom is -0.479 e. The first-order valence-corrected chi connectivity index (χ1v) is 11.2. The van der Waals surface area contributed by atoms with Gasteiger partial charge in [-0.15, -0.1) is 0 Å². The zero-order valence-corrected chi connectivity index (χ0v) is 18.3. The first-order chi connectivity index (χ1) is 15.8. The van der Waals surface area contributed by atoms with Crippen molar-refractivity contribution >= 4 is 23.1 Å². The van der Waals surface area contributed by atoms with Crippen LogP contribution in [0, 0.1) is 0 Å². The van der Waals surface area contributed by atoms with Crippen LogP contribution in [0.3, 0.4) is 0 Å². The maximum Gasteiger partial charge on any atom is 0.231 e. The molecule has 0 amide bonds. The summed E-state index contributed by atoms with van der Waals surface area (Å²) in [6, 6.07) is 5.96. The maximum atomic E-state index is 6.21. The van der Waals surface area contributed by atoms with Crippen LogP contribution >= 0.6 is 12.2 Å². The Balaban J connectivity index is 1.07. The number of aromatic nitrogens is 2. The molecular formula is C23H23N5O3S. The van der Waals surface area contributed by atoms with Gasteiger partial charge in [-0.2, -0.15) is 0 Å². The van der Waals surface area contributed by atoms with Crippen LogP contribution in [0.5, 0.6) is 17.2 Å². The molecule has 6 rings (SSSR count). The molecule has 32 heavy (non-hydrogen) atoms. The lowest BCUT2D eigenvalue weighted by molar-refractivity contribution is 0.174. The van der Waals surface area contributed by atoms with E-state index in [9.17, 15) is 0 Å². The summed E-state index contributed by atoms with van der Waals surface area (Å²) in [7, 11) is 0. The highest BCUT2D eigenvalue weighted by molar-refractivity contribution is 7.80. The van der Waals surface area contributed by atoms with Crippen molar-refractivity contribution in [3.8, 4) is 17.2 Å². The third kappa shape index (κ3) is 3.42. The Kier molecular flexibility index (Phi) is 4.83. The zero-order chi connectivity index (χ0) is 21.5. The van der Waals surface area contributed by atoms with Crippen LogP contribution in [0.2, 0.25) is 0 Å². The molecule has 0 saturated carbocycles. The van der Waals surface area contributed by atoms with Gasteiger partial charge >= 0.3 is 0 Å². The molecule has 1 fully saturated rings. The second kappa shape index (κ2) is 7.98. The molecule has 2 aromatic rings. The van der Waals surface area contributed by atoms with Crippen LogP contribution in [0.25, 0.3) is 0 Å². The van der Waals surface area contributed by atoms with Gasteiger partial charge in [-0.25, -0.2) is 9.97 Å². The van der Waals surface area contributed by atoms with Crippen LogP contribution < -0.4 is 24.4 Å². The predicted octanol–water partition coefficient (Wildman–Crippen LogP) is 2.37. The summed E-state index contributed by atoms with van der Waals surface area (Å²) in [5.74, 6) is 3.44. The minimum absolute atomic E-state index is 0.0136. The largest absolute Gasteiger partial charge is 0.479 e. The van der Waals surface area contributed by atoms with E-state index < -0.39 is 0 Å². The van der Waals surface area contributed by atoms with E-state index in [2.05, 4.69) is 43.3 Å². The Morgan fingerprint density at radius 1 is 1.06 bits per heavy atom. The van der Waals surface area contributed by atoms with Crippen molar-refractivity contribution in [2.75, 3.05) is 37.9 Å². The Morgan fingerprint density at radius 3 is 2.81 bits per heavy atom. The van der Waals surface area contributed by atoms with E-state index in [1.54, 1.807) is 6.33 Å². The van der Waals surface area contributed by atoms with Gasteiger partial charge in [0.15, 0.2) is 28.2 Å². The summed E-state index contributed by atoms with van der Waals surface area (Å²) in [5, 5.41) is 4.12. The van der Waals surface area contributed by atoms with Gasteiger partial charge in [-0.05, 0) is 36.0 Å². The standard InChI is InChI=1S/C23H23N5O3S/c32-23(24-12-15-5-6-18-19(11-15)30-14-29-18)28-9-7-27(8-10-28)22-21-20(25-13-26-22)16-3-1-2-4-17(16)31-21/h1-6,11,13,16-17H,7-10,12,14H2,(H,24,32). The van der Waals surface area contributed by atoms with Crippen molar-refractivity contribution in [2.45, 2.75) is 18.6 Å². The smallest absolute Gasteiger partial charge is 0.231 e. The highest BCUT2D eigenvalue weighted by atomic mass is 32.1. The summed E-state index contributed by atoms with van der Waals surface area (Å²) in [4.78, 5) is 13.5. The van der Waals surface area contributed by atoms with Crippen molar-refractivity contribution in [1.82, 2.24) is 20.2 Å². The van der Waals surface area contributed by atoms with Gasteiger partial charge in [0.05, 0.1) is 11.6 Å². The molecule has 164 valence electrons. The van der Waals surface area contributed by atoms with Crippen molar-refractivity contribution in [3.63, 3.8) is 0 Å².